The molecule has 0 saturated carbocycles. The molecule has 1 aromatic carbocycles. The molecular formula is C13H18O2S. The number of aliphatic hydroxyl groups is 1. The Morgan fingerprint density at radius 3 is 2.50 bits per heavy atom. The van der Waals surface area contributed by atoms with Crippen LogP contribution in [0.1, 0.15) is 18.4 Å². The second-order valence-electron chi connectivity index (χ2n) is 4.44. The minimum Gasteiger partial charge on any atom is -0.491 e. The van der Waals surface area contributed by atoms with E-state index in [0.717, 1.165) is 30.1 Å². The van der Waals surface area contributed by atoms with Gasteiger partial charge in [0.15, 0.2) is 0 Å². The highest BCUT2D eigenvalue weighted by atomic mass is 32.2. The van der Waals surface area contributed by atoms with E-state index in [1.165, 1.54) is 5.56 Å². The summed E-state index contributed by atoms with van der Waals surface area (Å²) in [5, 5.41) is 10.2. The first-order valence-corrected chi connectivity index (χ1v) is 6.83. The van der Waals surface area contributed by atoms with E-state index in [-0.39, 0.29) is 0 Å². The Morgan fingerprint density at radius 2 is 1.88 bits per heavy atom. The minimum absolute atomic E-state index is 0.413. The smallest absolute Gasteiger partial charge is 0.119 e. The van der Waals surface area contributed by atoms with Gasteiger partial charge in [-0.25, -0.2) is 0 Å². The summed E-state index contributed by atoms with van der Waals surface area (Å²) in [5.74, 6) is 2.92. The predicted molar refractivity (Wildman–Crippen MR) is 68.2 cm³/mol. The molecule has 2 rings (SSSR count). The van der Waals surface area contributed by atoms with E-state index in [1.54, 1.807) is 0 Å². The fraction of sp³-hybridized carbons (Fsp3) is 0.538. The van der Waals surface area contributed by atoms with Gasteiger partial charge in [0.05, 0.1) is 0 Å². The molecule has 1 aliphatic rings. The molecule has 1 aromatic rings. The van der Waals surface area contributed by atoms with Crippen molar-refractivity contribution in [2.24, 2.45) is 0 Å². The van der Waals surface area contributed by atoms with Crippen LogP contribution in [-0.4, -0.2) is 28.8 Å². The van der Waals surface area contributed by atoms with Gasteiger partial charge >= 0.3 is 0 Å². The Kier molecular flexibility index (Phi) is 3.77. The van der Waals surface area contributed by atoms with Gasteiger partial charge in [-0.2, -0.15) is 11.8 Å². The van der Waals surface area contributed by atoms with Crippen LogP contribution in [0.4, 0.5) is 0 Å². The summed E-state index contributed by atoms with van der Waals surface area (Å²) < 4.78 is 5.64. The number of rotatable bonds is 3. The van der Waals surface area contributed by atoms with E-state index >= 15 is 0 Å². The van der Waals surface area contributed by atoms with Crippen LogP contribution in [0, 0.1) is 6.92 Å². The Labute approximate surface area is 101 Å². The lowest BCUT2D eigenvalue weighted by Gasteiger charge is -2.31. The Hall–Kier alpha value is -0.670. The summed E-state index contributed by atoms with van der Waals surface area (Å²) in [6.45, 7) is 2.46. The van der Waals surface area contributed by atoms with Crippen LogP contribution in [0.2, 0.25) is 0 Å². The average Bonchev–Trinajstić information content (AvgIpc) is 2.29. The van der Waals surface area contributed by atoms with Gasteiger partial charge in [0.25, 0.3) is 0 Å². The van der Waals surface area contributed by atoms with Gasteiger partial charge < -0.3 is 9.84 Å². The van der Waals surface area contributed by atoms with Crippen LogP contribution in [-0.2, 0) is 0 Å². The first kappa shape index (κ1) is 11.8. The number of ether oxygens (including phenoxy) is 1. The zero-order valence-electron chi connectivity index (χ0n) is 9.61. The Balaban J connectivity index is 1.88. The Morgan fingerprint density at radius 1 is 1.25 bits per heavy atom. The SMILES string of the molecule is Cc1ccc(OCC2(O)CCSCC2)cc1. The van der Waals surface area contributed by atoms with E-state index in [1.807, 2.05) is 36.0 Å². The van der Waals surface area contributed by atoms with E-state index < -0.39 is 5.60 Å². The summed E-state index contributed by atoms with van der Waals surface area (Å²) in [6, 6.07) is 7.96. The standard InChI is InChI=1S/C13H18O2S/c1-11-2-4-12(5-3-11)15-10-13(14)6-8-16-9-7-13/h2-5,14H,6-10H2,1H3. The van der Waals surface area contributed by atoms with Gasteiger partial charge in [-0.15, -0.1) is 0 Å². The zero-order chi connectivity index (χ0) is 11.4. The highest BCUT2D eigenvalue weighted by Gasteiger charge is 2.30. The van der Waals surface area contributed by atoms with Crippen LogP contribution in [0.25, 0.3) is 0 Å². The monoisotopic (exact) mass is 238 g/mol. The third-order valence-electron chi connectivity index (χ3n) is 2.95. The summed E-state index contributed by atoms with van der Waals surface area (Å²) in [4.78, 5) is 0. The topological polar surface area (TPSA) is 29.5 Å². The molecule has 16 heavy (non-hydrogen) atoms. The second kappa shape index (κ2) is 5.11. The van der Waals surface area contributed by atoms with E-state index in [9.17, 15) is 5.11 Å². The molecular weight excluding hydrogens is 220 g/mol. The normalized spacial score (nSPS) is 19.4. The molecule has 0 radical (unpaired) electrons. The van der Waals surface area contributed by atoms with Crippen LogP contribution in [0.5, 0.6) is 5.75 Å². The van der Waals surface area contributed by atoms with Crippen molar-refractivity contribution in [3.8, 4) is 5.75 Å². The molecule has 0 bridgehead atoms. The fourth-order valence-electron chi connectivity index (χ4n) is 1.75. The van der Waals surface area contributed by atoms with Gasteiger partial charge in [-0.05, 0) is 43.4 Å². The van der Waals surface area contributed by atoms with Crippen molar-refractivity contribution >= 4 is 11.8 Å². The van der Waals surface area contributed by atoms with Crippen LogP contribution in [0.15, 0.2) is 24.3 Å². The van der Waals surface area contributed by atoms with Gasteiger partial charge in [0.1, 0.15) is 18.0 Å². The number of hydrogen-bond donors (Lipinski definition) is 1. The van der Waals surface area contributed by atoms with E-state index in [4.69, 9.17) is 4.74 Å². The summed E-state index contributed by atoms with van der Waals surface area (Å²) in [5.41, 5.74) is 0.607. The maximum absolute atomic E-state index is 10.2. The molecule has 1 aliphatic heterocycles. The molecule has 0 atom stereocenters. The lowest BCUT2D eigenvalue weighted by Crippen LogP contribution is -2.39. The largest absolute Gasteiger partial charge is 0.491 e. The average molecular weight is 238 g/mol. The molecule has 1 N–H and O–H groups in total. The molecule has 0 unspecified atom stereocenters. The maximum Gasteiger partial charge on any atom is 0.119 e. The van der Waals surface area contributed by atoms with Crippen molar-refractivity contribution in [3.05, 3.63) is 29.8 Å². The highest BCUT2D eigenvalue weighted by molar-refractivity contribution is 7.99. The number of aryl methyl sites for hydroxylation is 1. The zero-order valence-corrected chi connectivity index (χ0v) is 10.4. The summed E-state index contributed by atoms with van der Waals surface area (Å²) >= 11 is 1.91. The summed E-state index contributed by atoms with van der Waals surface area (Å²) in [6.07, 6.45) is 1.67. The first-order chi connectivity index (χ1) is 7.68. The molecule has 0 spiro atoms. The number of benzene rings is 1. The maximum atomic E-state index is 10.2. The van der Waals surface area contributed by atoms with Crippen molar-refractivity contribution in [1.82, 2.24) is 0 Å². The molecule has 0 amide bonds. The van der Waals surface area contributed by atoms with Gasteiger partial charge in [-0.1, -0.05) is 17.7 Å². The summed E-state index contributed by atoms with van der Waals surface area (Å²) in [7, 11) is 0. The van der Waals surface area contributed by atoms with Crippen molar-refractivity contribution < 1.29 is 9.84 Å². The minimum atomic E-state index is -0.615. The molecule has 2 nitrogen and oxygen atoms in total. The Bertz CT molecular complexity index is 328. The molecule has 1 heterocycles. The molecule has 0 aromatic heterocycles. The predicted octanol–water partition coefficient (Wildman–Crippen LogP) is 2.63. The van der Waals surface area contributed by atoms with Crippen LogP contribution >= 0.6 is 11.8 Å². The molecule has 1 fully saturated rings. The number of hydrogen-bond acceptors (Lipinski definition) is 3. The lowest BCUT2D eigenvalue weighted by molar-refractivity contribution is -0.0115. The molecule has 88 valence electrons. The van der Waals surface area contributed by atoms with Crippen molar-refractivity contribution in [1.29, 1.82) is 0 Å². The van der Waals surface area contributed by atoms with Crippen molar-refractivity contribution in [3.63, 3.8) is 0 Å². The third-order valence-corrected chi connectivity index (χ3v) is 3.94. The van der Waals surface area contributed by atoms with Crippen LogP contribution in [0.3, 0.4) is 0 Å². The lowest BCUT2D eigenvalue weighted by atomic mass is 9.98. The highest BCUT2D eigenvalue weighted by Crippen LogP contribution is 2.27. The van der Waals surface area contributed by atoms with E-state index in [2.05, 4.69) is 6.92 Å². The van der Waals surface area contributed by atoms with Gasteiger partial charge in [0, 0.05) is 0 Å². The molecule has 1 saturated heterocycles. The molecule has 0 aliphatic carbocycles. The number of thioether (sulfide) groups is 1. The molecule has 3 heteroatoms. The first-order valence-electron chi connectivity index (χ1n) is 5.68. The second-order valence-corrected chi connectivity index (χ2v) is 5.66. The van der Waals surface area contributed by atoms with Crippen LogP contribution < -0.4 is 4.74 Å². The van der Waals surface area contributed by atoms with E-state index in [0.29, 0.717) is 6.61 Å². The quantitative estimate of drug-likeness (QED) is 0.878. The van der Waals surface area contributed by atoms with Crippen molar-refractivity contribution in [2.75, 3.05) is 18.1 Å². The van der Waals surface area contributed by atoms with Gasteiger partial charge in [-0.3, -0.25) is 0 Å². The fourth-order valence-corrected chi connectivity index (χ4v) is 3.00. The van der Waals surface area contributed by atoms with Gasteiger partial charge in [0.2, 0.25) is 0 Å². The third kappa shape index (κ3) is 3.16. The van der Waals surface area contributed by atoms with Crippen molar-refractivity contribution in [2.45, 2.75) is 25.4 Å².